The van der Waals surface area contributed by atoms with Gasteiger partial charge in [0.25, 0.3) is 0 Å². The van der Waals surface area contributed by atoms with E-state index in [1.165, 1.54) is 12.3 Å². The molecular weight excluding hydrogens is 266 g/mol. The highest BCUT2D eigenvalue weighted by Crippen LogP contribution is 2.23. The Labute approximate surface area is 112 Å². The number of hydrogen-bond donors (Lipinski definition) is 1. The Balaban J connectivity index is 2.13. The molecule has 0 saturated carbocycles. The summed E-state index contributed by atoms with van der Waals surface area (Å²) in [4.78, 5) is 25.8. The number of benzene rings is 1. The maximum Gasteiger partial charge on any atom is 0.324 e. The smallest absolute Gasteiger partial charge is 0.324 e. The van der Waals surface area contributed by atoms with Crippen molar-refractivity contribution in [3.05, 3.63) is 57.0 Å². The first-order valence-electron chi connectivity index (χ1n) is 5.24. The molecule has 2 rings (SSSR count). The van der Waals surface area contributed by atoms with Gasteiger partial charge < -0.3 is 5.73 Å². The van der Waals surface area contributed by atoms with Gasteiger partial charge in [-0.05, 0) is 30.3 Å². The van der Waals surface area contributed by atoms with Crippen LogP contribution in [0.25, 0.3) is 0 Å². The summed E-state index contributed by atoms with van der Waals surface area (Å²) in [6.07, 6.45) is 1.54. The van der Waals surface area contributed by atoms with Crippen molar-refractivity contribution >= 4 is 34.1 Å². The Morgan fingerprint density at radius 1 is 1.26 bits per heavy atom. The van der Waals surface area contributed by atoms with E-state index in [0.717, 1.165) is 11.3 Å². The molecule has 0 atom stereocenters. The third kappa shape index (κ3) is 3.23. The van der Waals surface area contributed by atoms with E-state index >= 15 is 0 Å². The number of nitrogens with zero attached hydrogens (tertiary/aromatic N) is 2. The number of thiophene rings is 1. The molecule has 0 aliphatic carbocycles. The zero-order valence-corrected chi connectivity index (χ0v) is 10.5. The average molecular weight is 275 g/mol. The van der Waals surface area contributed by atoms with Crippen LogP contribution in [0.5, 0.6) is 0 Å². The SMILES string of the molecule is NC(=O)c1ccc(/N=C/c2ccc([N+](=O)[O-])s2)cc1. The zero-order chi connectivity index (χ0) is 13.8. The second-order valence-electron chi connectivity index (χ2n) is 3.60. The van der Waals surface area contributed by atoms with Crippen LogP contribution >= 0.6 is 11.3 Å². The molecule has 1 aromatic heterocycles. The molecule has 6 nitrogen and oxygen atoms in total. The number of nitro groups is 1. The van der Waals surface area contributed by atoms with Crippen LogP contribution in [0.4, 0.5) is 10.7 Å². The molecule has 2 aromatic rings. The highest BCUT2D eigenvalue weighted by Gasteiger charge is 2.07. The van der Waals surface area contributed by atoms with Gasteiger partial charge in [-0.1, -0.05) is 11.3 Å². The second-order valence-corrected chi connectivity index (χ2v) is 4.70. The molecule has 1 amide bonds. The van der Waals surface area contributed by atoms with Crippen LogP contribution in [-0.2, 0) is 0 Å². The van der Waals surface area contributed by atoms with E-state index in [-0.39, 0.29) is 5.00 Å². The first-order chi connectivity index (χ1) is 9.06. The number of nitrogens with two attached hydrogens (primary N) is 1. The number of carbonyl (C=O) groups is 1. The standard InChI is InChI=1S/C12H9N3O3S/c13-12(16)8-1-3-9(4-2-8)14-7-10-5-6-11(19-10)15(17)18/h1-7H,(H2,13,16)/b14-7+. The van der Waals surface area contributed by atoms with Crippen LogP contribution in [0, 0.1) is 10.1 Å². The molecule has 19 heavy (non-hydrogen) atoms. The summed E-state index contributed by atoms with van der Waals surface area (Å²) in [6.45, 7) is 0. The fourth-order valence-electron chi connectivity index (χ4n) is 1.36. The van der Waals surface area contributed by atoms with E-state index < -0.39 is 10.8 Å². The number of aliphatic imine (C=N–C) groups is 1. The fourth-order valence-corrected chi connectivity index (χ4v) is 2.05. The molecule has 0 radical (unpaired) electrons. The molecular formula is C12H9N3O3S. The highest BCUT2D eigenvalue weighted by molar-refractivity contribution is 7.16. The quantitative estimate of drug-likeness (QED) is 0.527. The van der Waals surface area contributed by atoms with Gasteiger partial charge in [0.05, 0.1) is 15.5 Å². The maximum atomic E-state index is 10.9. The Bertz CT molecular complexity index is 646. The lowest BCUT2D eigenvalue weighted by Gasteiger charge is -1.95. The molecule has 0 saturated heterocycles. The largest absolute Gasteiger partial charge is 0.366 e. The van der Waals surface area contributed by atoms with Gasteiger partial charge in [0.15, 0.2) is 0 Å². The average Bonchev–Trinajstić information content (AvgIpc) is 2.86. The second kappa shape index (κ2) is 5.40. The first kappa shape index (κ1) is 12.9. The summed E-state index contributed by atoms with van der Waals surface area (Å²) >= 11 is 1.05. The van der Waals surface area contributed by atoms with Gasteiger partial charge in [0, 0.05) is 17.8 Å². The molecule has 0 fully saturated rings. The van der Waals surface area contributed by atoms with E-state index in [4.69, 9.17) is 5.73 Å². The van der Waals surface area contributed by atoms with E-state index in [1.807, 2.05) is 0 Å². The molecule has 7 heteroatoms. The van der Waals surface area contributed by atoms with Crippen molar-refractivity contribution in [1.82, 2.24) is 0 Å². The van der Waals surface area contributed by atoms with Crippen LogP contribution in [0.2, 0.25) is 0 Å². The summed E-state index contributed by atoms with van der Waals surface area (Å²) < 4.78 is 0. The Hall–Kier alpha value is -2.54. The monoisotopic (exact) mass is 275 g/mol. The van der Waals surface area contributed by atoms with Crippen molar-refractivity contribution < 1.29 is 9.72 Å². The van der Waals surface area contributed by atoms with Crippen molar-refractivity contribution in [2.24, 2.45) is 10.7 Å². The van der Waals surface area contributed by atoms with Gasteiger partial charge in [-0.2, -0.15) is 0 Å². The lowest BCUT2D eigenvalue weighted by atomic mass is 10.2. The van der Waals surface area contributed by atoms with Gasteiger partial charge in [-0.15, -0.1) is 0 Å². The predicted octanol–water partition coefficient (Wildman–Crippen LogP) is 2.51. The number of hydrogen-bond acceptors (Lipinski definition) is 5. The first-order valence-corrected chi connectivity index (χ1v) is 6.06. The molecule has 1 aromatic carbocycles. The van der Waals surface area contributed by atoms with Gasteiger partial charge in [-0.3, -0.25) is 19.9 Å². The molecule has 0 aliphatic heterocycles. The van der Waals surface area contributed by atoms with Crippen molar-refractivity contribution in [2.75, 3.05) is 0 Å². The van der Waals surface area contributed by atoms with E-state index in [0.29, 0.717) is 16.1 Å². The molecule has 1 heterocycles. The highest BCUT2D eigenvalue weighted by atomic mass is 32.1. The summed E-state index contributed by atoms with van der Waals surface area (Å²) in [5.41, 5.74) is 6.17. The van der Waals surface area contributed by atoms with Gasteiger partial charge in [0.1, 0.15) is 0 Å². The number of carbonyl (C=O) groups excluding carboxylic acids is 1. The van der Waals surface area contributed by atoms with Crippen LogP contribution in [0.3, 0.4) is 0 Å². The van der Waals surface area contributed by atoms with Crippen molar-refractivity contribution in [3.8, 4) is 0 Å². The fraction of sp³-hybridized carbons (Fsp3) is 0. The normalized spacial score (nSPS) is 10.7. The van der Waals surface area contributed by atoms with E-state index in [2.05, 4.69) is 4.99 Å². The van der Waals surface area contributed by atoms with Crippen LogP contribution in [0.15, 0.2) is 41.4 Å². The maximum absolute atomic E-state index is 10.9. The minimum Gasteiger partial charge on any atom is -0.366 e. The predicted molar refractivity (Wildman–Crippen MR) is 73.2 cm³/mol. The summed E-state index contributed by atoms with van der Waals surface area (Å²) in [6, 6.07) is 9.52. The van der Waals surface area contributed by atoms with Crippen molar-refractivity contribution in [2.45, 2.75) is 0 Å². The third-order valence-corrected chi connectivity index (χ3v) is 3.26. The number of amides is 1. The van der Waals surface area contributed by atoms with Gasteiger partial charge in [-0.25, -0.2) is 0 Å². The summed E-state index contributed by atoms with van der Waals surface area (Å²) in [7, 11) is 0. The van der Waals surface area contributed by atoms with Gasteiger partial charge in [0.2, 0.25) is 5.91 Å². The molecule has 0 bridgehead atoms. The third-order valence-electron chi connectivity index (χ3n) is 2.29. The molecule has 2 N–H and O–H groups in total. The summed E-state index contributed by atoms with van der Waals surface area (Å²) in [5, 5.41) is 10.6. The molecule has 0 aliphatic rings. The number of rotatable bonds is 4. The van der Waals surface area contributed by atoms with Crippen LogP contribution in [0.1, 0.15) is 15.2 Å². The minimum atomic E-state index is -0.496. The van der Waals surface area contributed by atoms with Crippen molar-refractivity contribution in [3.63, 3.8) is 0 Å². The molecule has 0 spiro atoms. The lowest BCUT2D eigenvalue weighted by Crippen LogP contribution is -2.10. The minimum absolute atomic E-state index is 0.0746. The topological polar surface area (TPSA) is 98.6 Å². The zero-order valence-electron chi connectivity index (χ0n) is 9.65. The van der Waals surface area contributed by atoms with Crippen molar-refractivity contribution in [1.29, 1.82) is 0 Å². The van der Waals surface area contributed by atoms with E-state index in [9.17, 15) is 14.9 Å². The van der Waals surface area contributed by atoms with Crippen LogP contribution in [-0.4, -0.2) is 17.0 Å². The molecule has 0 unspecified atom stereocenters. The number of primary amides is 1. The van der Waals surface area contributed by atoms with E-state index in [1.54, 1.807) is 30.3 Å². The molecule has 96 valence electrons. The van der Waals surface area contributed by atoms with Crippen LogP contribution < -0.4 is 5.73 Å². The van der Waals surface area contributed by atoms with Gasteiger partial charge >= 0.3 is 5.00 Å². The Kier molecular flexibility index (Phi) is 3.67. The Morgan fingerprint density at radius 3 is 2.47 bits per heavy atom. The summed E-state index contributed by atoms with van der Waals surface area (Å²) in [5.74, 6) is -0.496. The Morgan fingerprint density at radius 2 is 1.95 bits per heavy atom. The lowest BCUT2D eigenvalue weighted by molar-refractivity contribution is -0.380.